The predicted molar refractivity (Wildman–Crippen MR) is 65.0 cm³/mol. The molecule has 0 N–H and O–H groups in total. The highest BCUT2D eigenvalue weighted by Crippen LogP contribution is 2.15. The topological polar surface area (TPSA) is 26.3 Å². The highest BCUT2D eigenvalue weighted by Gasteiger charge is 1.99. The Bertz CT molecular complexity index is 310. The van der Waals surface area contributed by atoms with Gasteiger partial charge in [-0.25, -0.2) is 0 Å². The Morgan fingerprint density at radius 1 is 1.50 bits per heavy atom. The summed E-state index contributed by atoms with van der Waals surface area (Å²) in [4.78, 5) is 10.7. The Hall–Kier alpha value is -0.580. The van der Waals surface area contributed by atoms with Crippen molar-refractivity contribution in [1.29, 1.82) is 0 Å². The molecule has 0 aromatic heterocycles. The Labute approximate surface area is 97.8 Å². The standard InChI is InChI=1S/C11H13IO2/c1-9(13)14-11-6-2-4-10(8-11)5-3-7-12/h2,4,6,8H,3,5,7H2,1H3. The SMILES string of the molecule is CC(=O)Oc1cccc(CCCI)c1. The van der Waals surface area contributed by atoms with Gasteiger partial charge in [-0.3, -0.25) is 4.79 Å². The van der Waals surface area contributed by atoms with E-state index in [1.165, 1.54) is 12.5 Å². The summed E-state index contributed by atoms with van der Waals surface area (Å²) in [5, 5.41) is 0. The maximum absolute atomic E-state index is 10.7. The van der Waals surface area contributed by atoms with Gasteiger partial charge >= 0.3 is 5.97 Å². The minimum atomic E-state index is -0.268. The Balaban J connectivity index is 2.63. The van der Waals surface area contributed by atoms with E-state index in [-0.39, 0.29) is 5.97 Å². The molecule has 0 unspecified atom stereocenters. The number of benzene rings is 1. The van der Waals surface area contributed by atoms with Crippen molar-refractivity contribution in [2.75, 3.05) is 4.43 Å². The normalized spacial score (nSPS) is 9.86. The van der Waals surface area contributed by atoms with Crippen molar-refractivity contribution in [3.05, 3.63) is 29.8 Å². The molecule has 1 rings (SSSR count). The summed E-state index contributed by atoms with van der Waals surface area (Å²) in [6.45, 7) is 1.41. The maximum atomic E-state index is 10.7. The summed E-state index contributed by atoms with van der Waals surface area (Å²) in [6, 6.07) is 7.70. The van der Waals surface area contributed by atoms with Gasteiger partial charge in [0.15, 0.2) is 0 Å². The number of hydrogen-bond donors (Lipinski definition) is 0. The van der Waals surface area contributed by atoms with E-state index in [9.17, 15) is 4.79 Å². The van der Waals surface area contributed by atoms with E-state index in [0.717, 1.165) is 17.3 Å². The molecule has 76 valence electrons. The molecule has 3 heteroatoms. The lowest BCUT2D eigenvalue weighted by atomic mass is 10.1. The molecule has 1 aromatic carbocycles. The number of esters is 1. The summed E-state index contributed by atoms with van der Waals surface area (Å²) in [5.74, 6) is 0.375. The fraction of sp³-hybridized carbons (Fsp3) is 0.364. The van der Waals surface area contributed by atoms with Crippen LogP contribution in [0.15, 0.2) is 24.3 Å². The number of ether oxygens (including phenoxy) is 1. The molecular weight excluding hydrogens is 291 g/mol. The number of aryl methyl sites for hydroxylation is 1. The van der Waals surface area contributed by atoms with Crippen LogP contribution in [0, 0.1) is 0 Å². The van der Waals surface area contributed by atoms with Crippen LogP contribution in [0.3, 0.4) is 0 Å². The first kappa shape index (κ1) is 11.5. The first-order valence-corrected chi connectivity index (χ1v) is 6.08. The van der Waals surface area contributed by atoms with E-state index in [0.29, 0.717) is 5.75 Å². The van der Waals surface area contributed by atoms with Gasteiger partial charge in [0.2, 0.25) is 0 Å². The summed E-state index contributed by atoms with van der Waals surface area (Å²) < 4.78 is 6.14. The van der Waals surface area contributed by atoms with Crippen molar-refractivity contribution in [3.63, 3.8) is 0 Å². The molecule has 0 amide bonds. The van der Waals surface area contributed by atoms with Crippen molar-refractivity contribution in [3.8, 4) is 5.75 Å². The smallest absolute Gasteiger partial charge is 0.308 e. The molecule has 0 saturated heterocycles. The van der Waals surface area contributed by atoms with Gasteiger partial charge in [-0.2, -0.15) is 0 Å². The third-order valence-corrected chi connectivity index (χ3v) is 2.52. The summed E-state index contributed by atoms with van der Waals surface area (Å²) in [6.07, 6.45) is 2.20. The van der Waals surface area contributed by atoms with Crippen LogP contribution in [0.2, 0.25) is 0 Å². The summed E-state index contributed by atoms with van der Waals surface area (Å²) in [7, 11) is 0. The number of rotatable bonds is 4. The summed E-state index contributed by atoms with van der Waals surface area (Å²) in [5.41, 5.74) is 1.22. The molecule has 0 bridgehead atoms. The highest BCUT2D eigenvalue weighted by molar-refractivity contribution is 14.1. The molecule has 0 radical (unpaired) electrons. The van der Waals surface area contributed by atoms with Gasteiger partial charge in [0.25, 0.3) is 0 Å². The fourth-order valence-corrected chi connectivity index (χ4v) is 1.58. The van der Waals surface area contributed by atoms with Crippen molar-refractivity contribution >= 4 is 28.6 Å². The monoisotopic (exact) mass is 304 g/mol. The largest absolute Gasteiger partial charge is 0.427 e. The first-order chi connectivity index (χ1) is 6.72. The molecule has 0 spiro atoms. The van der Waals surface area contributed by atoms with E-state index in [1.54, 1.807) is 6.07 Å². The number of carbonyl (C=O) groups is 1. The van der Waals surface area contributed by atoms with Crippen LogP contribution < -0.4 is 4.74 Å². The molecule has 0 aliphatic carbocycles. The molecular formula is C11H13IO2. The van der Waals surface area contributed by atoms with Gasteiger partial charge in [0, 0.05) is 6.92 Å². The molecule has 0 fully saturated rings. The van der Waals surface area contributed by atoms with Crippen LogP contribution in [0.1, 0.15) is 18.9 Å². The average Bonchev–Trinajstić information content (AvgIpc) is 2.14. The molecule has 1 aromatic rings. The van der Waals surface area contributed by atoms with Crippen LogP contribution in [-0.4, -0.2) is 10.4 Å². The molecule has 0 saturated carbocycles. The van der Waals surface area contributed by atoms with Crippen LogP contribution in [0.4, 0.5) is 0 Å². The number of hydrogen-bond acceptors (Lipinski definition) is 2. The van der Waals surface area contributed by atoms with Gasteiger partial charge in [0.05, 0.1) is 0 Å². The van der Waals surface area contributed by atoms with Gasteiger partial charge in [0.1, 0.15) is 5.75 Å². The van der Waals surface area contributed by atoms with Crippen molar-refractivity contribution < 1.29 is 9.53 Å². The molecule has 0 atom stereocenters. The highest BCUT2D eigenvalue weighted by atomic mass is 127. The average molecular weight is 304 g/mol. The molecule has 0 aliphatic rings. The Kier molecular flexibility index (Phi) is 4.93. The van der Waals surface area contributed by atoms with Gasteiger partial charge in [-0.05, 0) is 35.0 Å². The molecule has 0 heterocycles. The Morgan fingerprint density at radius 3 is 2.93 bits per heavy atom. The number of halogens is 1. The van der Waals surface area contributed by atoms with E-state index in [4.69, 9.17) is 4.74 Å². The third-order valence-electron chi connectivity index (χ3n) is 1.76. The van der Waals surface area contributed by atoms with Crippen LogP contribution in [0.25, 0.3) is 0 Å². The zero-order valence-corrected chi connectivity index (χ0v) is 10.3. The Morgan fingerprint density at radius 2 is 2.29 bits per heavy atom. The van der Waals surface area contributed by atoms with Gasteiger partial charge in [-0.1, -0.05) is 34.7 Å². The van der Waals surface area contributed by atoms with Gasteiger partial charge < -0.3 is 4.74 Å². The fourth-order valence-electron chi connectivity index (χ4n) is 1.20. The van der Waals surface area contributed by atoms with Crippen LogP contribution >= 0.6 is 22.6 Å². The summed E-state index contributed by atoms with van der Waals surface area (Å²) >= 11 is 2.36. The predicted octanol–water partition coefficient (Wildman–Crippen LogP) is 2.98. The second-order valence-electron chi connectivity index (χ2n) is 3.03. The lowest BCUT2D eigenvalue weighted by Gasteiger charge is -2.03. The van der Waals surface area contributed by atoms with Gasteiger partial charge in [-0.15, -0.1) is 0 Å². The van der Waals surface area contributed by atoms with E-state index in [2.05, 4.69) is 28.7 Å². The minimum absolute atomic E-state index is 0.268. The van der Waals surface area contributed by atoms with E-state index >= 15 is 0 Å². The minimum Gasteiger partial charge on any atom is -0.427 e. The molecule has 2 nitrogen and oxygen atoms in total. The first-order valence-electron chi connectivity index (χ1n) is 4.55. The van der Waals surface area contributed by atoms with Crippen molar-refractivity contribution in [1.82, 2.24) is 0 Å². The van der Waals surface area contributed by atoms with Crippen LogP contribution in [-0.2, 0) is 11.2 Å². The second kappa shape index (κ2) is 6.01. The number of alkyl halides is 1. The second-order valence-corrected chi connectivity index (χ2v) is 4.11. The van der Waals surface area contributed by atoms with Crippen molar-refractivity contribution in [2.24, 2.45) is 0 Å². The van der Waals surface area contributed by atoms with E-state index < -0.39 is 0 Å². The van der Waals surface area contributed by atoms with Crippen LogP contribution in [0.5, 0.6) is 5.75 Å². The zero-order chi connectivity index (χ0) is 10.4. The maximum Gasteiger partial charge on any atom is 0.308 e. The molecule has 0 aliphatic heterocycles. The number of carbonyl (C=O) groups excluding carboxylic acids is 1. The third kappa shape index (κ3) is 4.09. The molecule has 14 heavy (non-hydrogen) atoms. The lowest BCUT2D eigenvalue weighted by Crippen LogP contribution is -2.01. The lowest BCUT2D eigenvalue weighted by molar-refractivity contribution is -0.131. The zero-order valence-electron chi connectivity index (χ0n) is 8.13. The van der Waals surface area contributed by atoms with E-state index in [1.807, 2.05) is 12.1 Å². The quantitative estimate of drug-likeness (QED) is 0.370. The van der Waals surface area contributed by atoms with Crippen molar-refractivity contribution in [2.45, 2.75) is 19.8 Å².